The first-order valence-electron chi connectivity index (χ1n) is 10.6. The SMILES string of the molecule is COc1cc2c(Nc3cc(O)c(C)cc3F)cnnc2cc1OCCCN1CCOCC1. The topological polar surface area (TPSA) is 89.0 Å². The number of ether oxygens (including phenoxy) is 3. The lowest BCUT2D eigenvalue weighted by atomic mass is 10.1. The summed E-state index contributed by atoms with van der Waals surface area (Å²) >= 11 is 0. The summed E-state index contributed by atoms with van der Waals surface area (Å²) in [6, 6.07) is 6.18. The predicted molar refractivity (Wildman–Crippen MR) is 120 cm³/mol. The van der Waals surface area contributed by atoms with Crippen LogP contribution in [-0.4, -0.2) is 66.8 Å². The van der Waals surface area contributed by atoms with Gasteiger partial charge in [0.25, 0.3) is 0 Å². The molecule has 1 fully saturated rings. The summed E-state index contributed by atoms with van der Waals surface area (Å²) in [6.45, 7) is 6.58. The molecule has 1 aliphatic rings. The summed E-state index contributed by atoms with van der Waals surface area (Å²) in [5.74, 6) is 0.655. The highest BCUT2D eigenvalue weighted by atomic mass is 19.1. The Kier molecular flexibility index (Phi) is 6.87. The number of aromatic nitrogens is 2. The maximum absolute atomic E-state index is 14.4. The first kappa shape index (κ1) is 22.0. The van der Waals surface area contributed by atoms with Gasteiger partial charge in [0.05, 0.1) is 50.0 Å². The van der Waals surface area contributed by atoms with E-state index in [4.69, 9.17) is 14.2 Å². The van der Waals surface area contributed by atoms with Crippen LogP contribution in [0.15, 0.2) is 30.5 Å². The highest BCUT2D eigenvalue weighted by molar-refractivity contribution is 5.94. The summed E-state index contributed by atoms with van der Waals surface area (Å²) < 4.78 is 31.2. The van der Waals surface area contributed by atoms with Gasteiger partial charge in [0.15, 0.2) is 11.5 Å². The number of nitrogens with one attached hydrogen (secondary N) is 1. The molecule has 8 nitrogen and oxygen atoms in total. The van der Waals surface area contributed by atoms with Crippen molar-refractivity contribution in [3.05, 3.63) is 41.8 Å². The standard InChI is InChI=1S/C23H27FN4O4/c1-15-10-17(24)19(12-21(15)29)26-20-14-25-27-18-13-23(22(30-2)11-16(18)20)32-7-3-4-28-5-8-31-9-6-28/h10-14,29H,3-9H2,1-2H3,(H,26,27). The summed E-state index contributed by atoms with van der Waals surface area (Å²) in [6.07, 6.45) is 2.38. The van der Waals surface area contributed by atoms with Crippen LogP contribution in [0, 0.1) is 12.7 Å². The first-order chi connectivity index (χ1) is 15.5. The van der Waals surface area contributed by atoms with Crippen molar-refractivity contribution in [2.45, 2.75) is 13.3 Å². The highest BCUT2D eigenvalue weighted by Gasteiger charge is 2.14. The fourth-order valence-corrected chi connectivity index (χ4v) is 3.64. The van der Waals surface area contributed by atoms with Gasteiger partial charge in [0, 0.05) is 37.2 Å². The van der Waals surface area contributed by atoms with E-state index >= 15 is 0 Å². The number of aryl methyl sites for hydroxylation is 1. The summed E-state index contributed by atoms with van der Waals surface area (Å²) in [7, 11) is 1.57. The lowest BCUT2D eigenvalue weighted by molar-refractivity contribution is 0.0357. The third kappa shape index (κ3) is 5.00. The Bertz CT molecular complexity index is 1090. The number of phenols is 1. The van der Waals surface area contributed by atoms with Crippen LogP contribution >= 0.6 is 0 Å². The molecule has 2 N–H and O–H groups in total. The zero-order valence-electron chi connectivity index (χ0n) is 18.2. The second-order valence-electron chi connectivity index (χ2n) is 7.68. The van der Waals surface area contributed by atoms with Crippen molar-refractivity contribution >= 4 is 22.3 Å². The molecule has 2 aromatic carbocycles. The van der Waals surface area contributed by atoms with E-state index in [-0.39, 0.29) is 11.4 Å². The third-order valence-electron chi connectivity index (χ3n) is 5.46. The number of hydrogen-bond donors (Lipinski definition) is 2. The number of halogens is 1. The monoisotopic (exact) mass is 442 g/mol. The molecule has 3 aromatic rings. The number of benzene rings is 2. The summed E-state index contributed by atoms with van der Waals surface area (Å²) in [5.41, 5.74) is 1.72. The third-order valence-corrected chi connectivity index (χ3v) is 5.46. The van der Waals surface area contributed by atoms with Crippen LogP contribution in [0.4, 0.5) is 15.8 Å². The van der Waals surface area contributed by atoms with Crippen molar-refractivity contribution in [3.63, 3.8) is 0 Å². The molecule has 9 heteroatoms. The molecule has 2 heterocycles. The van der Waals surface area contributed by atoms with Gasteiger partial charge >= 0.3 is 0 Å². The van der Waals surface area contributed by atoms with Gasteiger partial charge in [0.1, 0.15) is 11.6 Å². The van der Waals surface area contributed by atoms with Crippen LogP contribution in [-0.2, 0) is 4.74 Å². The van der Waals surface area contributed by atoms with Crippen LogP contribution in [0.3, 0.4) is 0 Å². The Morgan fingerprint density at radius 1 is 1.16 bits per heavy atom. The molecule has 0 spiro atoms. The fraction of sp³-hybridized carbons (Fsp3) is 0.391. The van der Waals surface area contributed by atoms with Gasteiger partial charge in [-0.15, -0.1) is 0 Å². The molecule has 0 aliphatic carbocycles. The average Bonchev–Trinajstić information content (AvgIpc) is 2.80. The van der Waals surface area contributed by atoms with Crippen LogP contribution in [0.2, 0.25) is 0 Å². The number of phenolic OH excluding ortho intramolecular Hbond substituents is 1. The maximum atomic E-state index is 14.4. The molecule has 1 aromatic heterocycles. The Labute approximate surface area is 185 Å². The van der Waals surface area contributed by atoms with E-state index in [1.807, 2.05) is 0 Å². The number of hydrogen-bond acceptors (Lipinski definition) is 8. The minimum Gasteiger partial charge on any atom is -0.508 e. The minimum absolute atomic E-state index is 0.00515. The van der Waals surface area contributed by atoms with E-state index in [0.29, 0.717) is 40.3 Å². The van der Waals surface area contributed by atoms with Gasteiger partial charge in [-0.05, 0) is 31.0 Å². The smallest absolute Gasteiger partial charge is 0.163 e. The summed E-state index contributed by atoms with van der Waals surface area (Å²) in [5, 5.41) is 21.8. The Balaban J connectivity index is 1.51. The van der Waals surface area contributed by atoms with Crippen LogP contribution in [0.5, 0.6) is 17.2 Å². The Morgan fingerprint density at radius 3 is 2.75 bits per heavy atom. The summed E-state index contributed by atoms with van der Waals surface area (Å²) in [4.78, 5) is 2.36. The van der Waals surface area contributed by atoms with Crippen LogP contribution in [0.1, 0.15) is 12.0 Å². The van der Waals surface area contributed by atoms with Crippen molar-refractivity contribution in [1.82, 2.24) is 15.1 Å². The molecule has 32 heavy (non-hydrogen) atoms. The molecule has 0 radical (unpaired) electrons. The van der Waals surface area contributed by atoms with Crippen molar-refractivity contribution in [2.75, 3.05) is 51.9 Å². The van der Waals surface area contributed by atoms with E-state index < -0.39 is 5.82 Å². The number of nitrogens with zero attached hydrogens (tertiary/aromatic N) is 3. The van der Waals surface area contributed by atoms with Gasteiger partial charge in [-0.1, -0.05) is 0 Å². The molecule has 0 atom stereocenters. The van der Waals surface area contributed by atoms with Crippen molar-refractivity contribution in [1.29, 1.82) is 0 Å². The molecular formula is C23H27FN4O4. The molecule has 0 saturated carbocycles. The average molecular weight is 442 g/mol. The van der Waals surface area contributed by atoms with Crippen LogP contribution < -0.4 is 14.8 Å². The lowest BCUT2D eigenvalue weighted by Crippen LogP contribution is -2.37. The van der Waals surface area contributed by atoms with Crippen molar-refractivity contribution in [3.8, 4) is 17.2 Å². The fourth-order valence-electron chi connectivity index (χ4n) is 3.64. The van der Waals surface area contributed by atoms with E-state index in [1.54, 1.807) is 26.2 Å². The zero-order valence-corrected chi connectivity index (χ0v) is 18.2. The van der Waals surface area contributed by atoms with Gasteiger partial charge in [0.2, 0.25) is 0 Å². The number of rotatable bonds is 8. The van der Waals surface area contributed by atoms with Crippen molar-refractivity contribution in [2.24, 2.45) is 0 Å². The molecular weight excluding hydrogens is 415 g/mol. The number of anilines is 2. The van der Waals surface area contributed by atoms with Gasteiger partial charge in [-0.2, -0.15) is 10.2 Å². The molecule has 1 aliphatic heterocycles. The molecule has 0 unspecified atom stereocenters. The van der Waals surface area contributed by atoms with Gasteiger partial charge in [-0.25, -0.2) is 4.39 Å². The minimum atomic E-state index is -0.475. The molecule has 0 amide bonds. The number of morpholine rings is 1. The Hall–Kier alpha value is -3.17. The number of fused-ring (bicyclic) bond motifs is 1. The predicted octanol–water partition coefficient (Wildman–Crippen LogP) is 3.64. The Morgan fingerprint density at radius 2 is 1.97 bits per heavy atom. The normalized spacial score (nSPS) is 14.5. The molecule has 0 bridgehead atoms. The largest absolute Gasteiger partial charge is 0.508 e. The van der Waals surface area contributed by atoms with Gasteiger partial charge < -0.3 is 24.6 Å². The van der Waals surface area contributed by atoms with E-state index in [2.05, 4.69) is 20.4 Å². The van der Waals surface area contributed by atoms with E-state index in [0.717, 1.165) is 39.3 Å². The van der Waals surface area contributed by atoms with E-state index in [1.165, 1.54) is 18.3 Å². The second-order valence-corrected chi connectivity index (χ2v) is 7.68. The van der Waals surface area contributed by atoms with Crippen LogP contribution in [0.25, 0.3) is 10.9 Å². The molecule has 170 valence electrons. The van der Waals surface area contributed by atoms with Gasteiger partial charge in [-0.3, -0.25) is 4.90 Å². The number of aromatic hydroxyl groups is 1. The van der Waals surface area contributed by atoms with E-state index in [9.17, 15) is 9.50 Å². The number of methoxy groups -OCH3 is 1. The highest BCUT2D eigenvalue weighted by Crippen LogP contribution is 2.36. The molecule has 1 saturated heterocycles. The molecule has 4 rings (SSSR count). The quantitative estimate of drug-likeness (QED) is 0.511. The zero-order chi connectivity index (χ0) is 22.5. The second kappa shape index (κ2) is 9.97. The lowest BCUT2D eigenvalue weighted by Gasteiger charge is -2.26. The first-order valence-corrected chi connectivity index (χ1v) is 10.6. The maximum Gasteiger partial charge on any atom is 0.163 e. The van der Waals surface area contributed by atoms with Crippen molar-refractivity contribution < 1.29 is 23.7 Å².